The third-order valence-corrected chi connectivity index (χ3v) is 19.1. The Kier molecular flexibility index (Phi) is 23.8. The standard InChI is InChI=1S/C59H75NO26Si/c1-31(61)60-43-39(77-33(3)63)27-59(57(72)73-9,84-49(43)48(79-35(5)65)42(78-34(4)64)29-74-32(2)62)85-50-44(66)40(28-75-52(69)36-21-15-12-16-22-36)80-55(46(50)68)83-47-41(30-76-53(70)37-23-17-13-18-24-37)81-56(86-87(10,11)58(6,7)8)51(45(47)67)82-54(71)38-25-19-14-20-26-38/h12-26,39-51,55-56,66-68H,27-30H2,1-11H3,(H,60,61)/t39-,40+,41+,42+,43+,44-,45-,46+,47+,48+,49+,50-,51+,55-,56-,59-/m0/s1. The van der Waals surface area contributed by atoms with Crippen molar-refractivity contribution in [2.45, 2.75) is 178 Å². The summed E-state index contributed by atoms with van der Waals surface area (Å²) in [6, 6.07) is 21.4. The summed E-state index contributed by atoms with van der Waals surface area (Å²) in [4.78, 5) is 120. The predicted octanol–water partition coefficient (Wildman–Crippen LogP) is 2.77. The van der Waals surface area contributed by atoms with E-state index in [-0.39, 0.29) is 16.7 Å². The minimum atomic E-state index is -3.10. The fourth-order valence-electron chi connectivity index (χ4n) is 9.47. The number of amides is 1. The second-order valence-corrected chi connectivity index (χ2v) is 27.0. The van der Waals surface area contributed by atoms with Crippen molar-refractivity contribution < 1.29 is 124 Å². The lowest BCUT2D eigenvalue weighted by Gasteiger charge is -2.52. The van der Waals surface area contributed by atoms with Crippen LogP contribution in [0.3, 0.4) is 0 Å². The number of aliphatic hydroxyl groups is 3. The molecule has 0 bridgehead atoms. The van der Waals surface area contributed by atoms with E-state index in [0.717, 1.165) is 41.7 Å². The van der Waals surface area contributed by atoms with E-state index in [9.17, 15) is 58.5 Å². The SMILES string of the molecule is COC(=O)[C@@]1(O[C@H]2[C@@H](O)[C@@H](COC(=O)c3ccccc3)O[C@@H](O[C@H]3[C@H](O)[C@@H](OC(=O)c4ccccc4)[C@H](O[Si](C)(C)C(C)(C)C)O[C@@H]3COC(=O)c3ccccc3)[C@@H]2O)C[C@H](OC(C)=O)[C@@H](NC(C)=O)[C@H]([C@H](OC(C)=O)[C@@H](COC(C)=O)OC(C)=O)O1. The van der Waals surface area contributed by atoms with E-state index < -0.39 is 191 Å². The van der Waals surface area contributed by atoms with Gasteiger partial charge < -0.3 is 86.6 Å². The molecule has 27 nitrogen and oxygen atoms in total. The zero-order valence-corrected chi connectivity index (χ0v) is 50.9. The van der Waals surface area contributed by atoms with Crippen LogP contribution in [0.1, 0.15) is 92.9 Å². The predicted molar refractivity (Wildman–Crippen MR) is 298 cm³/mol. The lowest BCUT2D eigenvalue weighted by atomic mass is 9.87. The molecule has 3 saturated heterocycles. The first kappa shape index (κ1) is 68.9. The molecule has 0 unspecified atom stereocenters. The highest BCUT2D eigenvalue weighted by Gasteiger charge is 2.63. The van der Waals surface area contributed by atoms with E-state index in [1.807, 2.05) is 33.9 Å². The molecule has 3 aliphatic rings. The fraction of sp³-hybridized carbons (Fsp3) is 0.542. The van der Waals surface area contributed by atoms with Crippen molar-refractivity contribution >= 4 is 62.0 Å². The van der Waals surface area contributed by atoms with Crippen LogP contribution in [-0.2, 0) is 94.8 Å². The molecule has 3 fully saturated rings. The molecule has 3 aliphatic heterocycles. The number of methoxy groups -OCH3 is 1. The van der Waals surface area contributed by atoms with Crippen LogP contribution in [0.4, 0.5) is 0 Å². The Morgan fingerprint density at radius 3 is 1.62 bits per heavy atom. The number of benzene rings is 3. The first-order chi connectivity index (χ1) is 40.9. The van der Waals surface area contributed by atoms with Gasteiger partial charge in [-0.2, -0.15) is 0 Å². The largest absolute Gasteiger partial charge is 0.465 e. The minimum absolute atomic E-state index is 0.0454. The molecule has 1 amide bonds. The van der Waals surface area contributed by atoms with Crippen LogP contribution < -0.4 is 5.32 Å². The molecule has 0 aromatic heterocycles. The van der Waals surface area contributed by atoms with Crippen LogP contribution >= 0.6 is 0 Å². The zero-order chi connectivity index (χ0) is 64.1. The van der Waals surface area contributed by atoms with Crippen molar-refractivity contribution in [3.05, 3.63) is 108 Å². The number of nitrogens with one attached hydrogen (secondary N) is 1. The molecular weight excluding hydrogens is 1170 g/mol. The molecule has 16 atom stereocenters. The lowest BCUT2D eigenvalue weighted by molar-refractivity contribution is -0.384. The van der Waals surface area contributed by atoms with E-state index in [0.29, 0.717) is 0 Å². The molecule has 0 aliphatic carbocycles. The van der Waals surface area contributed by atoms with Gasteiger partial charge in [0.15, 0.2) is 39.2 Å². The van der Waals surface area contributed by atoms with Gasteiger partial charge >= 0.3 is 47.8 Å². The van der Waals surface area contributed by atoms with Crippen LogP contribution in [0.15, 0.2) is 91.0 Å². The fourth-order valence-corrected chi connectivity index (χ4v) is 10.6. The van der Waals surface area contributed by atoms with Crippen LogP contribution in [0.2, 0.25) is 18.1 Å². The first-order valence-corrected chi connectivity index (χ1v) is 30.6. The Balaban J connectivity index is 1.51. The number of carbonyl (C=O) groups excluding carboxylic acids is 9. The van der Waals surface area contributed by atoms with E-state index in [2.05, 4.69) is 5.32 Å². The summed E-state index contributed by atoms with van der Waals surface area (Å²) < 4.78 is 83.5. The number of aliphatic hydroxyl groups excluding tert-OH is 3. The summed E-state index contributed by atoms with van der Waals surface area (Å²) in [5.74, 6) is -12.2. The average Bonchev–Trinajstić information content (AvgIpc) is 1.18. The van der Waals surface area contributed by atoms with Crippen LogP contribution in [0, 0.1) is 0 Å². The van der Waals surface area contributed by atoms with Gasteiger partial charge in [0.1, 0.15) is 74.8 Å². The topological polar surface area (TPSA) is 356 Å². The second-order valence-electron chi connectivity index (χ2n) is 22.2. The van der Waals surface area contributed by atoms with E-state index >= 15 is 0 Å². The Morgan fingerprint density at radius 1 is 0.621 bits per heavy atom. The summed E-state index contributed by atoms with van der Waals surface area (Å²) in [6.07, 6.45) is -28.6. The van der Waals surface area contributed by atoms with Crippen molar-refractivity contribution in [1.82, 2.24) is 5.32 Å². The quantitative estimate of drug-likeness (QED) is 0.0602. The molecule has 3 aromatic carbocycles. The number of carbonyl (C=O) groups is 9. The molecule has 0 saturated carbocycles. The maximum absolute atomic E-state index is 14.7. The third-order valence-electron chi connectivity index (χ3n) is 14.6. The highest BCUT2D eigenvalue weighted by atomic mass is 28.4. The van der Waals surface area contributed by atoms with Crippen LogP contribution in [0.5, 0.6) is 0 Å². The summed E-state index contributed by atoms with van der Waals surface area (Å²) in [7, 11) is -2.10. The van der Waals surface area contributed by atoms with Gasteiger partial charge in [-0.3, -0.25) is 24.0 Å². The average molecular weight is 1240 g/mol. The van der Waals surface area contributed by atoms with Crippen LogP contribution in [0.25, 0.3) is 0 Å². The van der Waals surface area contributed by atoms with Crippen molar-refractivity contribution in [1.29, 1.82) is 0 Å². The van der Waals surface area contributed by atoms with Gasteiger partial charge in [-0.05, 0) is 54.5 Å². The molecule has 3 heterocycles. The lowest BCUT2D eigenvalue weighted by Crippen LogP contribution is -2.71. The van der Waals surface area contributed by atoms with Gasteiger partial charge in [-0.25, -0.2) is 19.2 Å². The number of hydrogen-bond donors (Lipinski definition) is 4. The van der Waals surface area contributed by atoms with Crippen molar-refractivity contribution in [3.8, 4) is 0 Å². The maximum Gasteiger partial charge on any atom is 0.366 e. The van der Waals surface area contributed by atoms with Crippen molar-refractivity contribution in [3.63, 3.8) is 0 Å². The van der Waals surface area contributed by atoms with Gasteiger partial charge in [0, 0.05) is 34.6 Å². The first-order valence-electron chi connectivity index (χ1n) is 27.7. The highest BCUT2D eigenvalue weighted by molar-refractivity contribution is 6.74. The van der Waals surface area contributed by atoms with Gasteiger partial charge in [-0.1, -0.05) is 75.4 Å². The van der Waals surface area contributed by atoms with E-state index in [4.69, 9.17) is 66.0 Å². The van der Waals surface area contributed by atoms with Crippen molar-refractivity contribution in [2.24, 2.45) is 0 Å². The molecular formula is C59H75NO26Si. The van der Waals surface area contributed by atoms with Gasteiger partial charge in [0.05, 0.1) is 36.3 Å². The Bertz CT molecular complexity index is 2870. The van der Waals surface area contributed by atoms with Gasteiger partial charge in [-0.15, -0.1) is 0 Å². The molecule has 6 rings (SSSR count). The van der Waals surface area contributed by atoms with Crippen molar-refractivity contribution in [2.75, 3.05) is 26.9 Å². The summed E-state index contributed by atoms with van der Waals surface area (Å²) >= 11 is 0. The van der Waals surface area contributed by atoms with Crippen LogP contribution in [-0.4, -0.2) is 202 Å². The monoisotopic (exact) mass is 1240 g/mol. The number of esters is 8. The Hall–Kier alpha value is -7.25. The molecule has 4 N–H and O–H groups in total. The summed E-state index contributed by atoms with van der Waals surface area (Å²) in [5, 5.41) is 39.9. The number of ether oxygens (including phenoxy) is 13. The highest BCUT2D eigenvalue weighted by Crippen LogP contribution is 2.43. The Labute approximate surface area is 502 Å². The van der Waals surface area contributed by atoms with E-state index in [1.54, 1.807) is 54.6 Å². The summed E-state index contributed by atoms with van der Waals surface area (Å²) in [6.45, 7) is 11.9. The van der Waals surface area contributed by atoms with Gasteiger partial charge in [0.25, 0.3) is 5.79 Å². The maximum atomic E-state index is 14.7. The molecule has 0 spiro atoms. The molecule has 87 heavy (non-hydrogen) atoms. The molecule has 0 radical (unpaired) electrons. The second kappa shape index (κ2) is 30.1. The van der Waals surface area contributed by atoms with E-state index in [1.165, 1.54) is 36.4 Å². The summed E-state index contributed by atoms with van der Waals surface area (Å²) in [5.41, 5.74) is 0.208. The minimum Gasteiger partial charge on any atom is -0.465 e. The smallest absolute Gasteiger partial charge is 0.366 e. The van der Waals surface area contributed by atoms with Gasteiger partial charge in [0.2, 0.25) is 5.91 Å². The number of hydrogen-bond acceptors (Lipinski definition) is 26. The molecule has 3 aromatic rings. The normalized spacial score (nSPS) is 28.0. The zero-order valence-electron chi connectivity index (χ0n) is 49.9. The third kappa shape index (κ3) is 18.0. The number of rotatable bonds is 23. The molecule has 28 heteroatoms. The molecule has 476 valence electrons. The Morgan fingerprint density at radius 2 is 1.14 bits per heavy atom.